The van der Waals surface area contributed by atoms with Gasteiger partial charge in [0.25, 0.3) is 0 Å². The largest absolute Gasteiger partial charge is 0.400 e. The van der Waals surface area contributed by atoms with Gasteiger partial charge in [0.2, 0.25) is 8.38 Å². The highest BCUT2D eigenvalue weighted by molar-refractivity contribution is 7.47. The Morgan fingerprint density at radius 2 is 1.86 bits per heavy atom. The van der Waals surface area contributed by atoms with Crippen molar-refractivity contribution in [2.75, 3.05) is 33.8 Å². The molecular weight excluding hydrogens is 489 g/mol. The van der Waals surface area contributed by atoms with E-state index in [4.69, 9.17) is 23.7 Å². The van der Waals surface area contributed by atoms with Crippen molar-refractivity contribution in [2.45, 2.75) is 79.2 Å². The van der Waals surface area contributed by atoms with E-state index in [0.717, 1.165) is 38.5 Å². The fourth-order valence-electron chi connectivity index (χ4n) is 8.00. The summed E-state index contributed by atoms with van der Waals surface area (Å²) in [5.41, 5.74) is 2.26. The minimum atomic E-state index is -1.07. The summed E-state index contributed by atoms with van der Waals surface area (Å²) in [6, 6.07) is 0. The van der Waals surface area contributed by atoms with Crippen molar-refractivity contribution in [3.8, 4) is 0 Å². The quantitative estimate of drug-likeness (QED) is 0.276. The molecule has 0 saturated heterocycles. The van der Waals surface area contributed by atoms with Gasteiger partial charge < -0.3 is 23.7 Å². The van der Waals surface area contributed by atoms with Crippen LogP contribution in [-0.2, 0) is 23.4 Å². The van der Waals surface area contributed by atoms with E-state index in [0.29, 0.717) is 43.1 Å². The number of rotatable bonds is 9. The maximum atomic E-state index is 12.6. The van der Waals surface area contributed by atoms with E-state index in [1.54, 1.807) is 6.92 Å². The zero-order valence-corrected chi connectivity index (χ0v) is 24.8. The highest BCUT2D eigenvalue weighted by Gasteiger charge is 2.61. The number of fused-ring (bicyclic) bond motifs is 5. The van der Waals surface area contributed by atoms with E-state index >= 15 is 0 Å². The molecule has 4 rings (SSSR count). The molecule has 210 valence electrons. The molecule has 4 aliphatic rings. The normalized spacial score (nSPS) is 37.6. The summed E-state index contributed by atoms with van der Waals surface area (Å²) in [6.45, 7) is 11.7. The van der Waals surface area contributed by atoms with Crippen molar-refractivity contribution in [1.29, 1.82) is 0 Å². The summed E-state index contributed by atoms with van der Waals surface area (Å²) in [6.07, 6.45) is 13.8. The highest BCUT2D eigenvalue weighted by atomic mass is 31.2. The van der Waals surface area contributed by atoms with Gasteiger partial charge in [-0.2, -0.15) is 0 Å². The molecule has 1 N–H and O–H groups in total. The lowest BCUT2D eigenvalue weighted by atomic mass is 9.42. The molecule has 7 unspecified atom stereocenters. The Hall–Kier alpha value is -1.11. The Kier molecular flexibility index (Phi) is 10.9. The minimum Gasteiger partial charge on any atom is -0.400 e. The molecule has 0 aromatic carbocycles. The Labute approximate surface area is 224 Å². The first-order valence-electron chi connectivity index (χ1n) is 13.9. The van der Waals surface area contributed by atoms with Crippen LogP contribution in [0.5, 0.6) is 0 Å². The van der Waals surface area contributed by atoms with E-state index in [1.165, 1.54) is 18.4 Å². The smallest absolute Gasteiger partial charge is 0.214 e. The van der Waals surface area contributed by atoms with E-state index in [2.05, 4.69) is 37.2 Å². The summed E-state index contributed by atoms with van der Waals surface area (Å²) in [5, 5.41) is 11.4. The zero-order chi connectivity index (χ0) is 27.2. The maximum absolute atomic E-state index is 12.6. The second kappa shape index (κ2) is 13.3. The van der Waals surface area contributed by atoms with Gasteiger partial charge in [-0.1, -0.05) is 37.1 Å². The van der Waals surface area contributed by atoms with Gasteiger partial charge in [0, 0.05) is 31.5 Å². The molecule has 0 amide bonds. The number of aliphatic hydroxyl groups is 1. The Balaban J connectivity index is 0.00000186. The second-order valence-electron chi connectivity index (χ2n) is 11.1. The van der Waals surface area contributed by atoms with Crippen LogP contribution in [0.3, 0.4) is 0 Å². The van der Waals surface area contributed by atoms with Gasteiger partial charge in [-0.25, -0.2) is 0 Å². The molecule has 0 bridgehead atoms. The van der Waals surface area contributed by atoms with E-state index in [1.807, 2.05) is 21.0 Å². The van der Waals surface area contributed by atoms with Crippen LogP contribution in [0.1, 0.15) is 73.1 Å². The molecule has 7 nitrogen and oxygen atoms in total. The topological polar surface area (TPSA) is 86.6 Å². The minimum absolute atomic E-state index is 0.0435. The third-order valence-corrected chi connectivity index (χ3v) is 10.8. The molecule has 0 radical (unpaired) electrons. The average molecular weight is 538 g/mol. The monoisotopic (exact) mass is 537 g/mol. The van der Waals surface area contributed by atoms with Crippen LogP contribution < -0.4 is 0 Å². The molecule has 0 aliphatic heterocycles. The zero-order valence-electron chi connectivity index (χ0n) is 23.9. The number of Topliss-reactive ketones (excluding diaryl/α,β-unsaturated/α-hetero) is 1. The van der Waals surface area contributed by atoms with Gasteiger partial charge in [-0.05, 0) is 82.3 Å². The molecule has 0 heterocycles. The first-order chi connectivity index (χ1) is 17.8. The van der Waals surface area contributed by atoms with Crippen molar-refractivity contribution in [3.05, 3.63) is 23.8 Å². The van der Waals surface area contributed by atoms with Gasteiger partial charge in [0.05, 0.1) is 19.3 Å². The molecule has 8 heteroatoms. The molecular formula is C29H48NO6P. The fourth-order valence-corrected chi connectivity index (χ4v) is 8.95. The maximum Gasteiger partial charge on any atom is 0.214 e. The van der Waals surface area contributed by atoms with E-state index < -0.39 is 8.38 Å². The molecule has 7 atom stereocenters. The van der Waals surface area contributed by atoms with Crippen LogP contribution in [0, 0.1) is 34.5 Å². The Morgan fingerprint density at radius 1 is 1.16 bits per heavy atom. The van der Waals surface area contributed by atoms with Crippen LogP contribution in [0.15, 0.2) is 29.0 Å². The highest BCUT2D eigenvalue weighted by Crippen LogP contribution is 2.65. The third-order valence-electron chi connectivity index (χ3n) is 9.40. The van der Waals surface area contributed by atoms with Gasteiger partial charge in [0.1, 0.15) is 11.5 Å². The Bertz CT molecular complexity index is 868. The molecule has 0 aromatic rings. The number of aliphatic hydroxyl groups excluding tert-OH is 1. The second-order valence-corrected chi connectivity index (χ2v) is 12.6. The number of ether oxygens (including phenoxy) is 1. The molecule has 0 spiro atoms. The number of oxime groups is 1. The summed E-state index contributed by atoms with van der Waals surface area (Å²) < 4.78 is 17.4. The van der Waals surface area contributed by atoms with E-state index in [9.17, 15) is 4.79 Å². The average Bonchev–Trinajstić information content (AvgIpc) is 2.88. The van der Waals surface area contributed by atoms with Gasteiger partial charge in [-0.3, -0.25) is 4.79 Å². The van der Waals surface area contributed by atoms with Crippen molar-refractivity contribution in [2.24, 2.45) is 39.7 Å². The number of ketones is 1. The fraction of sp³-hybridized carbons (Fsp3) is 0.793. The van der Waals surface area contributed by atoms with Crippen LogP contribution in [0.4, 0.5) is 0 Å². The standard InChI is InChI=1S/C28H44NO5P.CH4O/c1-7-33-35(34-8-2)18-32-29-21-14-15-27(4)20(16-21)12-13-22-24-11-9-10-23(19(3)30)28(24,5)17-25(31-6)26(22)27;1-2/h14-16,22-26H,7-13,17-18H2,1-6H3;2H,1H3/b29-21-;. The lowest BCUT2D eigenvalue weighted by Gasteiger charge is -2.63. The summed E-state index contributed by atoms with van der Waals surface area (Å²) in [4.78, 5) is 18.3. The molecule has 4 aliphatic carbocycles. The molecule has 3 saturated carbocycles. The summed E-state index contributed by atoms with van der Waals surface area (Å²) in [7, 11) is 1.79. The SMILES string of the molecule is CCOP(CO/N=C1/C=CC2(C)C(=C1)CCC1C2C(OC)CC2(C)C(C(C)=O)CCCC12)OCC.CO. The van der Waals surface area contributed by atoms with Crippen molar-refractivity contribution in [3.63, 3.8) is 0 Å². The number of hydrogen-bond donors (Lipinski definition) is 1. The van der Waals surface area contributed by atoms with Gasteiger partial charge >= 0.3 is 0 Å². The third kappa shape index (κ3) is 6.06. The number of carbonyl (C=O) groups is 1. The van der Waals surface area contributed by atoms with Crippen LogP contribution >= 0.6 is 8.38 Å². The number of carbonyl (C=O) groups excluding carboxylic acids is 1. The van der Waals surface area contributed by atoms with Gasteiger partial charge in [-0.15, -0.1) is 0 Å². The predicted molar refractivity (Wildman–Crippen MR) is 148 cm³/mol. The first-order valence-corrected chi connectivity index (χ1v) is 15.3. The molecule has 3 fully saturated rings. The van der Waals surface area contributed by atoms with Crippen LogP contribution in [0.25, 0.3) is 0 Å². The lowest BCUT2D eigenvalue weighted by molar-refractivity contribution is -0.166. The number of hydrogen-bond acceptors (Lipinski definition) is 7. The van der Waals surface area contributed by atoms with Crippen molar-refractivity contribution < 1.29 is 28.5 Å². The first kappa shape index (κ1) is 30.4. The van der Waals surface area contributed by atoms with Crippen molar-refractivity contribution in [1.82, 2.24) is 0 Å². The molecule has 37 heavy (non-hydrogen) atoms. The molecule has 0 aromatic heterocycles. The van der Waals surface area contributed by atoms with Crippen LogP contribution in [0.2, 0.25) is 0 Å². The number of allylic oxidation sites excluding steroid dienone is 4. The van der Waals surface area contributed by atoms with E-state index in [-0.39, 0.29) is 22.9 Å². The number of methoxy groups -OCH3 is 1. The van der Waals surface area contributed by atoms with Crippen LogP contribution in [-0.4, -0.2) is 56.5 Å². The summed E-state index contributed by atoms with van der Waals surface area (Å²) in [5.74, 6) is 2.11. The van der Waals surface area contributed by atoms with Crippen molar-refractivity contribution >= 4 is 19.9 Å². The summed E-state index contributed by atoms with van der Waals surface area (Å²) >= 11 is 0. The number of nitrogens with zero attached hydrogens (tertiary/aromatic N) is 1. The lowest BCUT2D eigenvalue weighted by Crippen LogP contribution is -2.60. The Morgan fingerprint density at radius 3 is 2.49 bits per heavy atom. The predicted octanol–water partition coefficient (Wildman–Crippen LogP) is 6.27. The van der Waals surface area contributed by atoms with Gasteiger partial charge in [0.15, 0.2) is 6.35 Å².